The molecule has 0 unspecified atom stereocenters. The van der Waals surface area contributed by atoms with Crippen molar-refractivity contribution in [3.8, 4) is 17.0 Å². The molecule has 1 aliphatic rings. The highest BCUT2D eigenvalue weighted by Gasteiger charge is 2.25. The third-order valence-electron chi connectivity index (χ3n) is 6.33. The zero-order valence-corrected chi connectivity index (χ0v) is 23.0. The molecule has 192 valence electrons. The lowest BCUT2D eigenvalue weighted by molar-refractivity contribution is -0.390. The predicted molar refractivity (Wildman–Crippen MR) is 142 cm³/mol. The van der Waals surface area contributed by atoms with Crippen LogP contribution in [0.5, 0.6) is 5.75 Å². The van der Waals surface area contributed by atoms with Gasteiger partial charge in [0.2, 0.25) is 5.75 Å². The molecule has 0 spiro atoms. The molecule has 11 heteroatoms. The molecular formula is C26H25BrFN5O3S. The summed E-state index contributed by atoms with van der Waals surface area (Å²) in [4.78, 5) is 20.6. The van der Waals surface area contributed by atoms with Crippen LogP contribution in [0.15, 0.2) is 41.1 Å². The van der Waals surface area contributed by atoms with Crippen molar-refractivity contribution in [3.63, 3.8) is 0 Å². The average molecular weight is 586 g/mol. The fourth-order valence-corrected chi connectivity index (χ4v) is 5.62. The third kappa shape index (κ3) is 5.72. The molecule has 8 nitrogen and oxygen atoms in total. The summed E-state index contributed by atoms with van der Waals surface area (Å²) >= 11 is 4.88. The van der Waals surface area contributed by atoms with Crippen LogP contribution in [-0.2, 0) is 13.0 Å². The number of hydrogen-bond acceptors (Lipinski definition) is 7. The van der Waals surface area contributed by atoms with E-state index in [1.165, 1.54) is 37.2 Å². The van der Waals surface area contributed by atoms with Crippen LogP contribution in [0.25, 0.3) is 11.3 Å². The Hall–Kier alpha value is -3.18. The van der Waals surface area contributed by atoms with Crippen LogP contribution in [0.4, 0.5) is 10.2 Å². The quantitative estimate of drug-likeness (QED) is 0.155. The van der Waals surface area contributed by atoms with Crippen molar-refractivity contribution >= 4 is 33.1 Å². The number of halogens is 2. The van der Waals surface area contributed by atoms with Gasteiger partial charge in [-0.1, -0.05) is 0 Å². The van der Waals surface area contributed by atoms with E-state index in [0.29, 0.717) is 16.5 Å². The number of benzene rings is 1. The van der Waals surface area contributed by atoms with Gasteiger partial charge in [0.05, 0.1) is 20.9 Å². The van der Waals surface area contributed by atoms with Crippen LogP contribution in [0.1, 0.15) is 52.6 Å². The van der Waals surface area contributed by atoms with Crippen LogP contribution in [0.2, 0.25) is 0 Å². The molecule has 0 amide bonds. The molecule has 0 bridgehead atoms. The first-order chi connectivity index (χ1) is 17.7. The smallest absolute Gasteiger partial charge is 0.406 e. The SMILES string of the molecule is Cc1nc(-c2ccc(F)cc2[C@@H](C)Oc2cc(Br)cnc2[N+](=O)[O-])c(Cc2cn(CC3CC3)nc2C)s1. The van der Waals surface area contributed by atoms with Gasteiger partial charge in [0.15, 0.2) is 6.20 Å². The normalized spacial score (nSPS) is 14.1. The lowest BCUT2D eigenvalue weighted by Crippen LogP contribution is -2.08. The largest absolute Gasteiger partial charge is 0.478 e. The summed E-state index contributed by atoms with van der Waals surface area (Å²) in [5.41, 5.74) is 4.14. The van der Waals surface area contributed by atoms with Gasteiger partial charge in [0.1, 0.15) is 11.9 Å². The van der Waals surface area contributed by atoms with Gasteiger partial charge in [-0.2, -0.15) is 5.10 Å². The van der Waals surface area contributed by atoms with E-state index in [-0.39, 0.29) is 5.75 Å². The molecule has 1 aliphatic carbocycles. The van der Waals surface area contributed by atoms with E-state index < -0.39 is 22.7 Å². The Labute approximate surface area is 225 Å². The average Bonchev–Trinajstić information content (AvgIpc) is 3.48. The number of aryl methyl sites for hydroxylation is 2. The maximum atomic E-state index is 14.4. The molecule has 0 saturated heterocycles. The lowest BCUT2D eigenvalue weighted by atomic mass is 9.98. The number of hydrogen-bond donors (Lipinski definition) is 0. The van der Waals surface area contributed by atoms with Crippen molar-refractivity contribution in [2.45, 2.75) is 52.7 Å². The lowest BCUT2D eigenvalue weighted by Gasteiger charge is -2.18. The summed E-state index contributed by atoms with van der Waals surface area (Å²) in [6.07, 6.45) is 5.92. The summed E-state index contributed by atoms with van der Waals surface area (Å²) < 4.78 is 23.0. The fourth-order valence-electron chi connectivity index (χ4n) is 4.34. The van der Waals surface area contributed by atoms with Crippen LogP contribution < -0.4 is 4.74 Å². The molecule has 37 heavy (non-hydrogen) atoms. The van der Waals surface area contributed by atoms with Crippen molar-refractivity contribution in [2.24, 2.45) is 5.92 Å². The molecule has 0 aliphatic heterocycles. The van der Waals surface area contributed by atoms with Gasteiger partial charge in [-0.25, -0.2) is 9.37 Å². The van der Waals surface area contributed by atoms with E-state index in [2.05, 4.69) is 27.1 Å². The number of pyridine rings is 1. The molecule has 0 N–H and O–H groups in total. The van der Waals surface area contributed by atoms with Crippen LogP contribution >= 0.6 is 27.3 Å². The standard InChI is InChI=1S/C26H25BrFN5O3S/c1-14-18(13-32(31-14)12-17-4-5-17)8-24-25(30-16(3)37-24)21-7-6-20(28)10-22(21)15(2)36-23-9-19(27)11-29-26(23)33(34)35/h6-7,9-11,13,15,17H,4-5,8,12H2,1-3H3/t15-/m1/s1. The number of rotatable bonds is 9. The molecule has 4 aromatic rings. The Kier molecular flexibility index (Phi) is 7.09. The monoisotopic (exact) mass is 585 g/mol. The number of aromatic nitrogens is 4. The van der Waals surface area contributed by atoms with Crippen molar-refractivity contribution in [3.05, 3.63) is 83.8 Å². The highest BCUT2D eigenvalue weighted by molar-refractivity contribution is 9.10. The van der Waals surface area contributed by atoms with E-state index in [1.807, 2.05) is 18.5 Å². The Bertz CT molecular complexity index is 1480. The fraction of sp³-hybridized carbons (Fsp3) is 0.346. The van der Waals surface area contributed by atoms with E-state index in [9.17, 15) is 14.5 Å². The first-order valence-corrected chi connectivity index (χ1v) is 13.5. The predicted octanol–water partition coefficient (Wildman–Crippen LogP) is 6.97. The van der Waals surface area contributed by atoms with Gasteiger partial charge in [-0.15, -0.1) is 11.3 Å². The van der Waals surface area contributed by atoms with E-state index in [4.69, 9.17) is 14.8 Å². The van der Waals surface area contributed by atoms with Crippen LogP contribution in [0, 0.1) is 35.7 Å². The highest BCUT2D eigenvalue weighted by atomic mass is 79.9. The van der Waals surface area contributed by atoms with Crippen LogP contribution in [0.3, 0.4) is 0 Å². The Morgan fingerprint density at radius 3 is 2.84 bits per heavy atom. The maximum Gasteiger partial charge on any atom is 0.406 e. The van der Waals surface area contributed by atoms with E-state index >= 15 is 0 Å². The Balaban J connectivity index is 1.49. The first kappa shape index (κ1) is 25.5. The number of nitrogens with zero attached hydrogens (tertiary/aromatic N) is 5. The second-order valence-electron chi connectivity index (χ2n) is 9.31. The maximum absolute atomic E-state index is 14.4. The molecule has 1 atom stereocenters. The second kappa shape index (κ2) is 10.3. The highest BCUT2D eigenvalue weighted by Crippen LogP contribution is 2.38. The van der Waals surface area contributed by atoms with Gasteiger partial charge in [0.25, 0.3) is 0 Å². The van der Waals surface area contributed by atoms with E-state index in [1.54, 1.807) is 24.3 Å². The third-order valence-corrected chi connectivity index (χ3v) is 7.73. The molecule has 1 aromatic carbocycles. The summed E-state index contributed by atoms with van der Waals surface area (Å²) in [6.45, 7) is 6.64. The molecule has 3 heterocycles. The van der Waals surface area contributed by atoms with E-state index in [0.717, 1.165) is 44.9 Å². The minimum absolute atomic E-state index is 0.00419. The molecule has 5 rings (SSSR count). The minimum atomic E-state index is -0.710. The van der Waals surface area contributed by atoms with Gasteiger partial charge >= 0.3 is 5.82 Å². The summed E-state index contributed by atoms with van der Waals surface area (Å²) in [5.74, 6) is -0.109. The van der Waals surface area contributed by atoms with Crippen molar-refractivity contribution in [1.29, 1.82) is 0 Å². The number of ether oxygens (including phenoxy) is 1. The van der Waals surface area contributed by atoms with Gasteiger partial charge in [-0.05, 0) is 89.1 Å². The van der Waals surface area contributed by atoms with Gasteiger partial charge in [0, 0.05) is 41.2 Å². The van der Waals surface area contributed by atoms with Crippen LogP contribution in [-0.4, -0.2) is 24.7 Å². The Morgan fingerprint density at radius 1 is 1.32 bits per heavy atom. The zero-order chi connectivity index (χ0) is 26.3. The first-order valence-electron chi connectivity index (χ1n) is 11.9. The summed E-state index contributed by atoms with van der Waals surface area (Å²) in [6, 6.07) is 5.97. The van der Waals surface area contributed by atoms with Crippen molar-refractivity contribution in [1.82, 2.24) is 19.7 Å². The molecule has 1 saturated carbocycles. The van der Waals surface area contributed by atoms with Crippen molar-refractivity contribution < 1.29 is 14.1 Å². The molecule has 0 radical (unpaired) electrons. The summed E-state index contributed by atoms with van der Waals surface area (Å²) in [7, 11) is 0. The van der Waals surface area contributed by atoms with Crippen molar-refractivity contribution in [2.75, 3.05) is 0 Å². The molecule has 3 aromatic heterocycles. The number of thiazole rings is 1. The summed E-state index contributed by atoms with van der Waals surface area (Å²) in [5, 5.41) is 17.1. The topological polar surface area (TPSA) is 96.0 Å². The van der Waals surface area contributed by atoms with Gasteiger partial charge in [-0.3, -0.25) is 4.68 Å². The molecular weight excluding hydrogens is 561 g/mol. The number of nitro groups is 1. The minimum Gasteiger partial charge on any atom is -0.478 e. The second-order valence-corrected chi connectivity index (χ2v) is 11.5. The molecule has 1 fully saturated rings. The zero-order valence-electron chi connectivity index (χ0n) is 20.6. The Morgan fingerprint density at radius 2 is 2.11 bits per heavy atom. The van der Waals surface area contributed by atoms with Gasteiger partial charge < -0.3 is 14.9 Å².